The number of nitrogens with one attached hydrogen (secondary N) is 1. The first-order valence-electron chi connectivity index (χ1n) is 11.1. The van der Waals surface area contributed by atoms with Gasteiger partial charge in [-0.25, -0.2) is 0 Å². The molecule has 154 valence electrons. The Kier molecular flexibility index (Phi) is 6.98. The van der Waals surface area contributed by atoms with Crippen LogP contribution >= 0.6 is 0 Å². The van der Waals surface area contributed by atoms with Crippen LogP contribution in [0.5, 0.6) is 0 Å². The van der Waals surface area contributed by atoms with Gasteiger partial charge in [0.05, 0.1) is 6.04 Å². The van der Waals surface area contributed by atoms with Crippen LogP contribution in [0.1, 0.15) is 83.4 Å². The standard InChI is InChI=1S/C25H38N2O/c1-19(2)8-7-9-20(3)12-15-27-16-13-25(14-17-27)18-24(26-21(4)28)22-10-5-6-11-23(22)25/h5-6,8,10-11,20,24H,7,9,12-18H2,1-4H3,(H,26,28)/t20?,24-/m0/s1. The Hall–Kier alpha value is -1.61. The van der Waals surface area contributed by atoms with Crippen molar-refractivity contribution in [3.05, 3.63) is 47.0 Å². The number of rotatable bonds is 7. The van der Waals surface area contributed by atoms with E-state index in [1.54, 1.807) is 6.92 Å². The van der Waals surface area contributed by atoms with E-state index in [-0.39, 0.29) is 17.4 Å². The fraction of sp³-hybridized carbons (Fsp3) is 0.640. The number of nitrogens with zero attached hydrogens (tertiary/aromatic N) is 1. The summed E-state index contributed by atoms with van der Waals surface area (Å²) in [7, 11) is 0. The Labute approximate surface area is 171 Å². The molecule has 3 heteroatoms. The minimum Gasteiger partial charge on any atom is -0.349 e. The van der Waals surface area contributed by atoms with Crippen LogP contribution in [0.25, 0.3) is 0 Å². The molecule has 1 unspecified atom stereocenters. The van der Waals surface area contributed by atoms with Crippen molar-refractivity contribution >= 4 is 5.91 Å². The predicted octanol–water partition coefficient (Wildman–Crippen LogP) is 5.37. The second-order valence-corrected chi connectivity index (χ2v) is 9.42. The number of carbonyl (C=O) groups excluding carboxylic acids is 1. The highest BCUT2D eigenvalue weighted by atomic mass is 16.1. The van der Waals surface area contributed by atoms with E-state index < -0.39 is 0 Å². The van der Waals surface area contributed by atoms with E-state index in [1.807, 2.05) is 0 Å². The second kappa shape index (κ2) is 9.26. The molecule has 2 aliphatic rings. The van der Waals surface area contributed by atoms with Crippen LogP contribution < -0.4 is 5.32 Å². The third-order valence-electron chi connectivity index (χ3n) is 6.84. The molecule has 28 heavy (non-hydrogen) atoms. The first kappa shape index (κ1) is 21.1. The van der Waals surface area contributed by atoms with Gasteiger partial charge >= 0.3 is 0 Å². The van der Waals surface area contributed by atoms with Crippen molar-refractivity contribution < 1.29 is 4.79 Å². The molecule has 0 saturated carbocycles. The SMILES string of the molecule is CC(=O)N[C@H]1CC2(CCN(CCC(C)CCC=C(C)C)CC2)c2ccccc21. The van der Waals surface area contributed by atoms with Gasteiger partial charge in [-0.1, -0.05) is 42.8 Å². The molecule has 2 atom stereocenters. The summed E-state index contributed by atoms with van der Waals surface area (Å²) in [5.74, 6) is 0.874. The van der Waals surface area contributed by atoms with E-state index in [4.69, 9.17) is 0 Å². The lowest BCUT2D eigenvalue weighted by Crippen LogP contribution is -2.42. The zero-order chi connectivity index (χ0) is 20.1. The van der Waals surface area contributed by atoms with Crippen LogP contribution in [0.15, 0.2) is 35.9 Å². The highest BCUT2D eigenvalue weighted by Crippen LogP contribution is 2.50. The summed E-state index contributed by atoms with van der Waals surface area (Å²) in [5, 5.41) is 3.19. The van der Waals surface area contributed by atoms with Gasteiger partial charge in [-0.2, -0.15) is 0 Å². The van der Waals surface area contributed by atoms with Crippen LogP contribution in [0.3, 0.4) is 0 Å². The molecule has 1 saturated heterocycles. The molecule has 0 aromatic heterocycles. The van der Waals surface area contributed by atoms with Crippen molar-refractivity contribution in [1.82, 2.24) is 10.2 Å². The van der Waals surface area contributed by atoms with E-state index in [2.05, 4.69) is 61.3 Å². The van der Waals surface area contributed by atoms with Crippen molar-refractivity contribution in [2.75, 3.05) is 19.6 Å². The highest BCUT2D eigenvalue weighted by molar-refractivity contribution is 5.73. The average Bonchev–Trinajstić information content (AvgIpc) is 2.94. The largest absolute Gasteiger partial charge is 0.349 e. The number of amides is 1. The maximum Gasteiger partial charge on any atom is 0.217 e. The minimum atomic E-state index is 0.0800. The fourth-order valence-corrected chi connectivity index (χ4v) is 5.15. The van der Waals surface area contributed by atoms with E-state index in [0.717, 1.165) is 12.3 Å². The minimum absolute atomic E-state index is 0.0800. The summed E-state index contributed by atoms with van der Waals surface area (Å²) in [4.78, 5) is 14.3. The van der Waals surface area contributed by atoms with Crippen LogP contribution in [-0.2, 0) is 10.2 Å². The molecule has 1 fully saturated rings. The van der Waals surface area contributed by atoms with Gasteiger partial charge in [0.25, 0.3) is 0 Å². The molecular formula is C25H38N2O. The summed E-state index contributed by atoms with van der Waals surface area (Å²) in [6, 6.07) is 8.98. The van der Waals surface area contributed by atoms with Gasteiger partial charge in [-0.3, -0.25) is 4.79 Å². The molecule has 1 aromatic rings. The van der Waals surface area contributed by atoms with Gasteiger partial charge in [0.2, 0.25) is 5.91 Å². The predicted molar refractivity (Wildman–Crippen MR) is 117 cm³/mol. The Morgan fingerprint density at radius 1 is 1.21 bits per heavy atom. The lowest BCUT2D eigenvalue weighted by atomic mass is 9.73. The summed E-state index contributed by atoms with van der Waals surface area (Å²) >= 11 is 0. The number of hydrogen-bond donors (Lipinski definition) is 1. The van der Waals surface area contributed by atoms with Crippen LogP contribution in [0, 0.1) is 5.92 Å². The zero-order valence-electron chi connectivity index (χ0n) is 18.3. The molecule has 0 radical (unpaired) electrons. The van der Waals surface area contributed by atoms with Gasteiger partial charge in [0, 0.05) is 12.3 Å². The molecular weight excluding hydrogens is 344 g/mol. The summed E-state index contributed by atoms with van der Waals surface area (Å²) in [6.07, 6.45) is 9.68. The normalized spacial score (nSPS) is 21.9. The molecule has 0 bridgehead atoms. The Balaban J connectivity index is 1.53. The van der Waals surface area contributed by atoms with Gasteiger partial charge in [-0.05, 0) is 89.1 Å². The van der Waals surface area contributed by atoms with Gasteiger partial charge in [0.15, 0.2) is 0 Å². The molecule has 3 rings (SSSR count). The number of fused-ring (bicyclic) bond motifs is 2. The van der Waals surface area contributed by atoms with Gasteiger partial charge in [-0.15, -0.1) is 0 Å². The van der Waals surface area contributed by atoms with Gasteiger partial charge in [0.1, 0.15) is 0 Å². The van der Waals surface area contributed by atoms with E-state index in [0.29, 0.717) is 0 Å². The highest BCUT2D eigenvalue weighted by Gasteiger charge is 2.45. The number of piperidine rings is 1. The lowest BCUT2D eigenvalue weighted by Gasteiger charge is -2.40. The molecule has 1 N–H and O–H groups in total. The van der Waals surface area contributed by atoms with Crippen molar-refractivity contribution in [3.8, 4) is 0 Å². The first-order chi connectivity index (χ1) is 13.4. The summed E-state index contributed by atoms with van der Waals surface area (Å²) < 4.78 is 0. The monoisotopic (exact) mass is 382 g/mol. The van der Waals surface area contributed by atoms with Gasteiger partial charge < -0.3 is 10.2 Å². The van der Waals surface area contributed by atoms with Crippen LogP contribution in [0.2, 0.25) is 0 Å². The van der Waals surface area contributed by atoms with Crippen LogP contribution in [0.4, 0.5) is 0 Å². The average molecular weight is 383 g/mol. The van der Waals surface area contributed by atoms with Crippen LogP contribution in [-0.4, -0.2) is 30.4 Å². The third-order valence-corrected chi connectivity index (χ3v) is 6.84. The maximum absolute atomic E-state index is 11.7. The smallest absolute Gasteiger partial charge is 0.217 e. The number of likely N-dealkylation sites (tertiary alicyclic amines) is 1. The molecule has 1 aliphatic heterocycles. The van der Waals surface area contributed by atoms with Crippen molar-refractivity contribution in [2.24, 2.45) is 5.92 Å². The van der Waals surface area contributed by atoms with Crippen molar-refractivity contribution in [1.29, 1.82) is 0 Å². The molecule has 1 aliphatic carbocycles. The first-order valence-corrected chi connectivity index (χ1v) is 11.1. The molecule has 1 spiro atoms. The number of allylic oxidation sites excluding steroid dienone is 2. The zero-order valence-corrected chi connectivity index (χ0v) is 18.3. The Bertz CT molecular complexity index is 696. The Morgan fingerprint density at radius 3 is 2.61 bits per heavy atom. The third kappa shape index (κ3) is 5.05. The molecule has 1 heterocycles. The van der Waals surface area contributed by atoms with E-state index >= 15 is 0 Å². The Morgan fingerprint density at radius 2 is 1.93 bits per heavy atom. The van der Waals surface area contributed by atoms with Crippen molar-refractivity contribution in [2.45, 2.75) is 77.7 Å². The lowest BCUT2D eigenvalue weighted by molar-refractivity contribution is -0.119. The summed E-state index contributed by atoms with van der Waals surface area (Å²) in [6.45, 7) is 12.0. The second-order valence-electron chi connectivity index (χ2n) is 9.42. The number of benzene rings is 1. The summed E-state index contributed by atoms with van der Waals surface area (Å²) in [5.41, 5.74) is 4.53. The maximum atomic E-state index is 11.7. The topological polar surface area (TPSA) is 32.3 Å². The molecule has 1 aromatic carbocycles. The van der Waals surface area contributed by atoms with Crippen molar-refractivity contribution in [3.63, 3.8) is 0 Å². The van der Waals surface area contributed by atoms with E-state index in [9.17, 15) is 4.79 Å². The van der Waals surface area contributed by atoms with E-state index in [1.165, 1.54) is 68.4 Å². The quantitative estimate of drug-likeness (QED) is 0.643. The fourth-order valence-electron chi connectivity index (χ4n) is 5.15. The number of carbonyl (C=O) groups is 1. The number of hydrogen-bond acceptors (Lipinski definition) is 2. The molecule has 1 amide bonds. The molecule has 3 nitrogen and oxygen atoms in total.